The second kappa shape index (κ2) is 3.96. The van der Waals surface area contributed by atoms with Gasteiger partial charge < -0.3 is 5.11 Å². The van der Waals surface area contributed by atoms with E-state index in [1.165, 1.54) is 0 Å². The molecule has 0 aliphatic heterocycles. The van der Waals surface area contributed by atoms with Crippen LogP contribution in [0.1, 0.15) is 38.7 Å². The standard InChI is InChI=1S/C15H18O/c1-14(2)10-6-11-15(14,16)12-9-13-7-4-3-5-8-13/h3-5,7-8,16H,6,10-11H2,1-2H3. The lowest BCUT2D eigenvalue weighted by Crippen LogP contribution is -2.38. The first-order valence-electron chi connectivity index (χ1n) is 5.84. The zero-order valence-corrected chi connectivity index (χ0v) is 9.96. The Bertz CT molecular complexity index is 422. The smallest absolute Gasteiger partial charge is 0.130 e. The zero-order valence-electron chi connectivity index (χ0n) is 9.96. The fraction of sp³-hybridized carbons (Fsp3) is 0.467. The molecule has 1 atom stereocenters. The molecular weight excluding hydrogens is 196 g/mol. The van der Waals surface area contributed by atoms with Crippen LogP contribution in [-0.2, 0) is 0 Å². The molecule has 1 fully saturated rings. The predicted octanol–water partition coefficient (Wildman–Crippen LogP) is 2.98. The molecule has 1 aromatic carbocycles. The SMILES string of the molecule is CC1(C)CCCC1(O)C#Cc1ccccc1. The summed E-state index contributed by atoms with van der Waals surface area (Å²) in [6.07, 6.45) is 2.90. The third-order valence-corrected chi connectivity index (χ3v) is 3.65. The highest BCUT2D eigenvalue weighted by Gasteiger charge is 2.46. The molecule has 0 spiro atoms. The summed E-state index contributed by atoms with van der Waals surface area (Å²) in [5, 5.41) is 10.5. The maximum atomic E-state index is 10.5. The highest BCUT2D eigenvalue weighted by atomic mass is 16.3. The monoisotopic (exact) mass is 214 g/mol. The fourth-order valence-corrected chi connectivity index (χ4v) is 2.26. The normalized spacial score (nSPS) is 27.2. The molecule has 1 aliphatic carbocycles. The van der Waals surface area contributed by atoms with Crippen molar-refractivity contribution in [2.24, 2.45) is 5.41 Å². The first-order valence-corrected chi connectivity index (χ1v) is 5.84. The first kappa shape index (κ1) is 11.2. The first-order chi connectivity index (χ1) is 7.54. The zero-order chi connectivity index (χ0) is 11.6. The molecule has 0 heterocycles. The summed E-state index contributed by atoms with van der Waals surface area (Å²) >= 11 is 0. The summed E-state index contributed by atoms with van der Waals surface area (Å²) in [4.78, 5) is 0. The molecule has 1 aromatic rings. The van der Waals surface area contributed by atoms with Crippen LogP contribution in [-0.4, -0.2) is 10.7 Å². The largest absolute Gasteiger partial charge is 0.377 e. The van der Waals surface area contributed by atoms with E-state index >= 15 is 0 Å². The van der Waals surface area contributed by atoms with Crippen molar-refractivity contribution in [1.82, 2.24) is 0 Å². The summed E-state index contributed by atoms with van der Waals surface area (Å²) in [5.74, 6) is 6.15. The van der Waals surface area contributed by atoms with Gasteiger partial charge in [-0.1, -0.05) is 43.9 Å². The number of hydrogen-bond acceptors (Lipinski definition) is 1. The van der Waals surface area contributed by atoms with Gasteiger partial charge in [0, 0.05) is 11.0 Å². The second-order valence-corrected chi connectivity index (χ2v) is 5.21. The third-order valence-electron chi connectivity index (χ3n) is 3.65. The molecule has 0 bridgehead atoms. The van der Waals surface area contributed by atoms with Gasteiger partial charge in [0.05, 0.1) is 0 Å². The average molecular weight is 214 g/mol. The van der Waals surface area contributed by atoms with Crippen molar-refractivity contribution in [2.45, 2.75) is 38.7 Å². The van der Waals surface area contributed by atoms with Gasteiger partial charge in [0.2, 0.25) is 0 Å². The number of rotatable bonds is 0. The van der Waals surface area contributed by atoms with E-state index in [2.05, 4.69) is 25.7 Å². The van der Waals surface area contributed by atoms with Gasteiger partial charge in [-0.2, -0.15) is 0 Å². The van der Waals surface area contributed by atoms with Crippen LogP contribution in [0.2, 0.25) is 0 Å². The van der Waals surface area contributed by atoms with Crippen molar-refractivity contribution >= 4 is 0 Å². The molecule has 1 nitrogen and oxygen atoms in total. The minimum absolute atomic E-state index is 0.0885. The molecule has 0 saturated heterocycles. The van der Waals surface area contributed by atoms with Crippen LogP contribution in [0.4, 0.5) is 0 Å². The quantitative estimate of drug-likeness (QED) is 0.658. The Morgan fingerprint density at radius 1 is 1.12 bits per heavy atom. The van der Waals surface area contributed by atoms with E-state index in [9.17, 15) is 5.11 Å². The van der Waals surface area contributed by atoms with Crippen LogP contribution in [0, 0.1) is 17.3 Å². The lowest BCUT2D eigenvalue weighted by Gasteiger charge is -2.31. The van der Waals surface area contributed by atoms with Crippen molar-refractivity contribution < 1.29 is 5.11 Å². The van der Waals surface area contributed by atoms with E-state index in [4.69, 9.17) is 0 Å². The summed E-state index contributed by atoms with van der Waals surface area (Å²) in [6.45, 7) is 4.19. The van der Waals surface area contributed by atoms with Crippen LogP contribution in [0.15, 0.2) is 30.3 Å². The lowest BCUT2D eigenvalue weighted by atomic mass is 9.78. The van der Waals surface area contributed by atoms with E-state index in [0.29, 0.717) is 0 Å². The van der Waals surface area contributed by atoms with Crippen molar-refractivity contribution in [3.05, 3.63) is 35.9 Å². The molecule has 1 unspecified atom stereocenters. The van der Waals surface area contributed by atoms with Gasteiger partial charge in [-0.15, -0.1) is 0 Å². The minimum Gasteiger partial charge on any atom is -0.377 e. The highest BCUT2D eigenvalue weighted by molar-refractivity contribution is 5.37. The molecular formula is C15H18O. The Morgan fingerprint density at radius 2 is 1.81 bits per heavy atom. The van der Waals surface area contributed by atoms with Crippen LogP contribution < -0.4 is 0 Å². The van der Waals surface area contributed by atoms with Gasteiger partial charge in [0.25, 0.3) is 0 Å². The predicted molar refractivity (Wildman–Crippen MR) is 65.9 cm³/mol. The Hall–Kier alpha value is -1.26. The van der Waals surface area contributed by atoms with Crippen LogP contribution in [0.25, 0.3) is 0 Å². The topological polar surface area (TPSA) is 20.2 Å². The highest BCUT2D eigenvalue weighted by Crippen LogP contribution is 2.45. The molecule has 0 radical (unpaired) electrons. The average Bonchev–Trinajstić information content (AvgIpc) is 2.53. The maximum absolute atomic E-state index is 10.5. The molecule has 84 valence electrons. The van der Waals surface area contributed by atoms with Crippen molar-refractivity contribution in [1.29, 1.82) is 0 Å². The molecule has 1 N–H and O–H groups in total. The van der Waals surface area contributed by atoms with Gasteiger partial charge >= 0.3 is 0 Å². The number of aliphatic hydroxyl groups is 1. The molecule has 0 aromatic heterocycles. The third kappa shape index (κ3) is 1.99. The van der Waals surface area contributed by atoms with Gasteiger partial charge in [-0.25, -0.2) is 0 Å². The van der Waals surface area contributed by atoms with Gasteiger partial charge in [-0.3, -0.25) is 0 Å². The minimum atomic E-state index is -0.817. The van der Waals surface area contributed by atoms with Crippen LogP contribution >= 0.6 is 0 Å². The molecule has 1 aliphatic rings. The van der Waals surface area contributed by atoms with Crippen molar-refractivity contribution in [2.75, 3.05) is 0 Å². The number of benzene rings is 1. The number of hydrogen-bond donors (Lipinski definition) is 1. The molecule has 2 rings (SSSR count). The summed E-state index contributed by atoms with van der Waals surface area (Å²) in [5.41, 5.74) is 0.0658. The molecule has 0 amide bonds. The van der Waals surface area contributed by atoms with Crippen molar-refractivity contribution in [3.63, 3.8) is 0 Å². The summed E-state index contributed by atoms with van der Waals surface area (Å²) < 4.78 is 0. The van der Waals surface area contributed by atoms with Crippen molar-refractivity contribution in [3.8, 4) is 11.8 Å². The van der Waals surface area contributed by atoms with Gasteiger partial charge in [0.1, 0.15) is 5.60 Å². The summed E-state index contributed by atoms with van der Waals surface area (Å²) in [7, 11) is 0. The van der Waals surface area contributed by atoms with E-state index in [0.717, 1.165) is 24.8 Å². The summed E-state index contributed by atoms with van der Waals surface area (Å²) in [6, 6.07) is 9.84. The van der Waals surface area contributed by atoms with E-state index < -0.39 is 5.60 Å². The maximum Gasteiger partial charge on any atom is 0.130 e. The Balaban J connectivity index is 2.25. The molecule has 16 heavy (non-hydrogen) atoms. The van der Waals surface area contributed by atoms with Crippen LogP contribution in [0.3, 0.4) is 0 Å². The fourth-order valence-electron chi connectivity index (χ4n) is 2.26. The van der Waals surface area contributed by atoms with Crippen LogP contribution in [0.5, 0.6) is 0 Å². The molecule has 1 saturated carbocycles. The van der Waals surface area contributed by atoms with E-state index in [1.54, 1.807) is 0 Å². The lowest BCUT2D eigenvalue weighted by molar-refractivity contribution is 0.0120. The van der Waals surface area contributed by atoms with Gasteiger partial charge in [-0.05, 0) is 31.4 Å². The Kier molecular flexibility index (Phi) is 2.78. The second-order valence-electron chi connectivity index (χ2n) is 5.21. The Morgan fingerprint density at radius 3 is 2.38 bits per heavy atom. The van der Waals surface area contributed by atoms with E-state index in [1.807, 2.05) is 30.3 Å². The molecule has 1 heteroatoms. The Labute approximate surface area is 97.5 Å². The van der Waals surface area contributed by atoms with Gasteiger partial charge in [0.15, 0.2) is 0 Å². The van der Waals surface area contributed by atoms with E-state index in [-0.39, 0.29) is 5.41 Å².